The van der Waals surface area contributed by atoms with Gasteiger partial charge in [0.05, 0.1) is 12.1 Å². The third-order valence-electron chi connectivity index (χ3n) is 4.75. The number of methoxy groups -OCH3 is 1. The maximum absolute atomic E-state index is 9.57. The van der Waals surface area contributed by atoms with Crippen LogP contribution in [0.4, 0.5) is 0 Å². The molecule has 0 spiro atoms. The van der Waals surface area contributed by atoms with Crippen LogP contribution < -0.4 is 0 Å². The van der Waals surface area contributed by atoms with Crippen molar-refractivity contribution in [2.24, 2.45) is 10.4 Å². The second-order valence-electron chi connectivity index (χ2n) is 6.18. The molecule has 0 amide bonds. The maximum Gasteiger partial charge on any atom is 0.0895 e. The number of aliphatic hydroxyl groups is 1. The molecule has 0 fully saturated rings. The van der Waals surface area contributed by atoms with Crippen molar-refractivity contribution in [1.82, 2.24) is 0 Å². The summed E-state index contributed by atoms with van der Waals surface area (Å²) in [4.78, 5) is 4.34. The number of hydrogen-bond acceptors (Lipinski definition) is 4. The van der Waals surface area contributed by atoms with Crippen LogP contribution in [0.25, 0.3) is 0 Å². The van der Waals surface area contributed by atoms with Crippen molar-refractivity contribution in [3.8, 4) is 0 Å². The molecule has 0 radical (unpaired) electrons. The van der Waals surface area contributed by atoms with E-state index in [0.717, 1.165) is 16.7 Å². The fraction of sp³-hybridized carbons (Fsp3) is 0.526. The molecule has 4 heteroatoms. The van der Waals surface area contributed by atoms with Crippen molar-refractivity contribution in [2.45, 2.75) is 38.0 Å². The number of aliphatic imine (C=N–C) groups is 1. The van der Waals surface area contributed by atoms with Crippen LogP contribution in [0.2, 0.25) is 0 Å². The summed E-state index contributed by atoms with van der Waals surface area (Å²) in [6.45, 7) is 22.3. The fourth-order valence-electron chi connectivity index (χ4n) is 2.46. The molecule has 3 unspecified atom stereocenters. The van der Waals surface area contributed by atoms with E-state index in [2.05, 4.69) is 44.1 Å². The van der Waals surface area contributed by atoms with E-state index in [1.807, 2.05) is 32.9 Å². The normalized spacial score (nSPS) is 18.0. The third-order valence-corrected chi connectivity index (χ3v) is 5.09. The highest BCUT2D eigenvalue weighted by Crippen LogP contribution is 2.47. The molecule has 0 aliphatic carbocycles. The highest BCUT2D eigenvalue weighted by molar-refractivity contribution is 7.81. The number of nitrogens with zero attached hydrogens (tertiary/aromatic N) is 1. The van der Waals surface area contributed by atoms with Gasteiger partial charge in [-0.3, -0.25) is 4.99 Å². The summed E-state index contributed by atoms with van der Waals surface area (Å²) < 4.78 is 5.21. The van der Waals surface area contributed by atoms with Crippen molar-refractivity contribution >= 4 is 19.3 Å². The Hall–Kier alpha value is -1.10. The monoisotopic (exact) mass is 337 g/mol. The first kappa shape index (κ1) is 21.9. The Kier molecular flexibility index (Phi) is 8.82. The molecule has 0 aliphatic rings. The first-order valence-electron chi connectivity index (χ1n) is 7.61. The largest absolute Gasteiger partial charge is 0.396 e. The number of aliphatic hydroxyl groups excluding tert-OH is 1. The lowest BCUT2D eigenvalue weighted by atomic mass is 9.62. The maximum atomic E-state index is 9.57. The van der Waals surface area contributed by atoms with E-state index in [4.69, 9.17) is 4.74 Å². The highest BCUT2D eigenvalue weighted by Gasteiger charge is 2.46. The van der Waals surface area contributed by atoms with Crippen molar-refractivity contribution < 1.29 is 9.84 Å². The first-order chi connectivity index (χ1) is 10.6. The van der Waals surface area contributed by atoms with Gasteiger partial charge in [-0.1, -0.05) is 38.8 Å². The molecule has 23 heavy (non-hydrogen) atoms. The molecule has 0 rings (SSSR count). The standard InChI is InChI=1S/C19H31NO2S/c1-14(17(4)23)9-10-15(2)18(5,11-12-21)19(6,20-7)16(3)13-22-8/h9-10,17,21,23H,1-3,7,11-13H2,4-6,8H3/b10-9-. The first-order valence-corrected chi connectivity index (χ1v) is 8.12. The zero-order chi connectivity index (χ0) is 18.3. The predicted molar refractivity (Wildman–Crippen MR) is 105 cm³/mol. The molecule has 0 saturated heterocycles. The van der Waals surface area contributed by atoms with E-state index < -0.39 is 11.0 Å². The average molecular weight is 338 g/mol. The Morgan fingerprint density at radius 2 is 1.87 bits per heavy atom. The van der Waals surface area contributed by atoms with Crippen molar-refractivity contribution in [1.29, 1.82) is 0 Å². The minimum atomic E-state index is -0.707. The summed E-state index contributed by atoms with van der Waals surface area (Å²) in [6, 6.07) is 0. The number of thiol groups is 1. The molecule has 0 saturated carbocycles. The molecule has 1 N–H and O–H groups in total. The van der Waals surface area contributed by atoms with E-state index in [-0.39, 0.29) is 11.9 Å². The molecule has 0 aromatic carbocycles. The van der Waals surface area contributed by atoms with Crippen LogP contribution in [-0.2, 0) is 4.74 Å². The van der Waals surface area contributed by atoms with Gasteiger partial charge in [0.25, 0.3) is 0 Å². The van der Waals surface area contributed by atoms with E-state index in [1.54, 1.807) is 7.11 Å². The number of allylic oxidation sites excluding steroid dienone is 2. The van der Waals surface area contributed by atoms with Gasteiger partial charge in [-0.25, -0.2) is 0 Å². The van der Waals surface area contributed by atoms with Gasteiger partial charge in [0.15, 0.2) is 0 Å². The van der Waals surface area contributed by atoms with Crippen LogP contribution in [0.1, 0.15) is 27.2 Å². The molecular formula is C19H31NO2S. The number of rotatable bonds is 11. The molecule has 0 aliphatic heterocycles. The van der Waals surface area contributed by atoms with Crippen molar-refractivity contribution in [2.75, 3.05) is 20.3 Å². The topological polar surface area (TPSA) is 41.8 Å². The number of ether oxygens (including phenoxy) is 1. The minimum absolute atomic E-state index is 0.0125. The van der Waals surface area contributed by atoms with Crippen LogP contribution in [0.5, 0.6) is 0 Å². The van der Waals surface area contributed by atoms with Crippen LogP contribution >= 0.6 is 12.6 Å². The lowest BCUT2D eigenvalue weighted by Gasteiger charge is -2.45. The molecule has 3 atom stereocenters. The van der Waals surface area contributed by atoms with Crippen molar-refractivity contribution in [3.63, 3.8) is 0 Å². The van der Waals surface area contributed by atoms with E-state index in [9.17, 15) is 5.11 Å². The summed E-state index contributed by atoms with van der Waals surface area (Å²) in [5.41, 5.74) is 1.26. The van der Waals surface area contributed by atoms with Gasteiger partial charge in [0, 0.05) is 24.4 Å². The summed E-state index contributed by atoms with van der Waals surface area (Å²) in [6.07, 6.45) is 4.30. The molecule has 130 valence electrons. The van der Waals surface area contributed by atoms with Gasteiger partial charge < -0.3 is 9.84 Å². The van der Waals surface area contributed by atoms with E-state index >= 15 is 0 Å². The molecule has 0 aromatic rings. The smallest absolute Gasteiger partial charge is 0.0895 e. The van der Waals surface area contributed by atoms with Gasteiger partial charge in [-0.2, -0.15) is 12.6 Å². The van der Waals surface area contributed by atoms with Crippen LogP contribution in [0.15, 0.2) is 53.6 Å². The Morgan fingerprint density at radius 1 is 1.30 bits per heavy atom. The number of hydrogen-bond donors (Lipinski definition) is 2. The zero-order valence-electron chi connectivity index (χ0n) is 14.9. The average Bonchev–Trinajstić information content (AvgIpc) is 2.51. The fourth-order valence-corrected chi connectivity index (χ4v) is 2.55. The molecule has 0 heterocycles. The van der Waals surface area contributed by atoms with Crippen LogP contribution in [0, 0.1) is 5.41 Å². The van der Waals surface area contributed by atoms with Gasteiger partial charge in [0.2, 0.25) is 0 Å². The third kappa shape index (κ3) is 4.93. The molecule has 0 bridgehead atoms. The van der Waals surface area contributed by atoms with Crippen LogP contribution in [0.3, 0.4) is 0 Å². The summed E-state index contributed by atoms with van der Waals surface area (Å²) in [5.74, 6) is 0. The lowest BCUT2D eigenvalue weighted by Crippen LogP contribution is -2.46. The van der Waals surface area contributed by atoms with Gasteiger partial charge in [0.1, 0.15) is 0 Å². The summed E-state index contributed by atoms with van der Waals surface area (Å²) in [5, 5.41) is 9.63. The van der Waals surface area contributed by atoms with Gasteiger partial charge in [-0.15, -0.1) is 0 Å². The van der Waals surface area contributed by atoms with Gasteiger partial charge in [-0.05, 0) is 43.7 Å². The highest BCUT2D eigenvalue weighted by atomic mass is 32.1. The quantitative estimate of drug-likeness (QED) is 0.259. The predicted octanol–water partition coefficient (Wildman–Crippen LogP) is 4.02. The molecular weight excluding hydrogens is 306 g/mol. The van der Waals surface area contributed by atoms with Crippen LogP contribution in [-0.4, -0.2) is 42.9 Å². The zero-order valence-corrected chi connectivity index (χ0v) is 15.8. The Morgan fingerprint density at radius 3 is 2.26 bits per heavy atom. The van der Waals surface area contributed by atoms with Crippen molar-refractivity contribution in [3.05, 3.63) is 48.6 Å². The Labute approximate surface area is 147 Å². The summed E-state index contributed by atoms with van der Waals surface area (Å²) in [7, 11) is 1.62. The minimum Gasteiger partial charge on any atom is -0.396 e. The lowest BCUT2D eigenvalue weighted by molar-refractivity contribution is 0.148. The molecule has 0 aromatic heterocycles. The Balaban J connectivity index is 5.78. The van der Waals surface area contributed by atoms with Gasteiger partial charge >= 0.3 is 0 Å². The SMILES string of the molecule is C=NC(C)(C(=C)COC)C(C)(CCO)C(=C)/C=C\C(=C)C(C)S. The van der Waals surface area contributed by atoms with E-state index in [1.165, 1.54) is 0 Å². The summed E-state index contributed by atoms with van der Waals surface area (Å²) >= 11 is 4.37. The Bertz CT molecular complexity index is 496. The molecule has 3 nitrogen and oxygen atoms in total. The second-order valence-corrected chi connectivity index (χ2v) is 6.96. The van der Waals surface area contributed by atoms with E-state index in [0.29, 0.717) is 13.0 Å². The second kappa shape index (κ2) is 9.26.